The minimum atomic E-state index is -0.192. The maximum absolute atomic E-state index is 12.2. The van der Waals surface area contributed by atoms with Crippen LogP contribution in [0.3, 0.4) is 0 Å². The smallest absolute Gasteiger partial charge is 0.276 e. The molecule has 1 aliphatic heterocycles. The first kappa shape index (κ1) is 14.4. The molecule has 0 unspecified atom stereocenters. The van der Waals surface area contributed by atoms with E-state index in [-0.39, 0.29) is 11.6 Å². The van der Waals surface area contributed by atoms with Crippen LogP contribution >= 0.6 is 0 Å². The van der Waals surface area contributed by atoms with Crippen LogP contribution in [0.1, 0.15) is 16.9 Å². The van der Waals surface area contributed by atoms with Crippen LogP contribution in [-0.4, -0.2) is 77.1 Å². The fourth-order valence-corrected chi connectivity index (χ4v) is 2.05. The zero-order chi connectivity index (χ0) is 14.2. The molecular formula is C12H18N6O2. The van der Waals surface area contributed by atoms with E-state index in [1.807, 2.05) is 0 Å². The third-order valence-electron chi connectivity index (χ3n) is 3.20. The average Bonchev–Trinajstić information content (AvgIpc) is 3.02. The van der Waals surface area contributed by atoms with Gasteiger partial charge in [0.2, 0.25) is 0 Å². The first-order valence-corrected chi connectivity index (χ1v) is 6.63. The third-order valence-corrected chi connectivity index (χ3v) is 3.20. The van der Waals surface area contributed by atoms with E-state index in [0.29, 0.717) is 19.5 Å². The zero-order valence-corrected chi connectivity index (χ0v) is 11.3. The number of nitrogens with one attached hydrogen (secondary N) is 1. The van der Waals surface area contributed by atoms with Crippen molar-refractivity contribution in [3.8, 4) is 6.07 Å². The molecule has 0 spiro atoms. The summed E-state index contributed by atoms with van der Waals surface area (Å²) in [5.74, 6) is -0.192. The monoisotopic (exact) mass is 278 g/mol. The summed E-state index contributed by atoms with van der Waals surface area (Å²) in [5, 5.41) is 18.6. The fourth-order valence-electron chi connectivity index (χ4n) is 2.05. The summed E-state index contributed by atoms with van der Waals surface area (Å²) in [4.78, 5) is 16.1. The van der Waals surface area contributed by atoms with E-state index in [1.54, 1.807) is 4.90 Å². The summed E-state index contributed by atoms with van der Waals surface area (Å²) in [5.41, 5.74) is 0.282. The van der Waals surface area contributed by atoms with E-state index in [2.05, 4.69) is 26.4 Å². The number of amides is 1. The number of aromatic amines is 1. The highest BCUT2D eigenvalue weighted by Gasteiger charge is 2.19. The Kier molecular flexibility index (Phi) is 5.46. The Balaban J connectivity index is 1.89. The Morgan fingerprint density at radius 1 is 1.50 bits per heavy atom. The minimum Gasteiger partial charge on any atom is -0.379 e. The van der Waals surface area contributed by atoms with Crippen molar-refractivity contribution in [3.05, 3.63) is 11.9 Å². The van der Waals surface area contributed by atoms with Gasteiger partial charge in [-0.3, -0.25) is 9.69 Å². The van der Waals surface area contributed by atoms with Gasteiger partial charge in [0.15, 0.2) is 5.69 Å². The van der Waals surface area contributed by atoms with Crippen LogP contribution in [0, 0.1) is 11.3 Å². The number of nitriles is 1. The maximum atomic E-state index is 12.2. The van der Waals surface area contributed by atoms with E-state index in [4.69, 9.17) is 10.00 Å². The predicted molar refractivity (Wildman–Crippen MR) is 69.8 cm³/mol. The van der Waals surface area contributed by atoms with Crippen molar-refractivity contribution >= 4 is 5.91 Å². The lowest BCUT2D eigenvalue weighted by atomic mass is 10.3. The van der Waals surface area contributed by atoms with E-state index < -0.39 is 0 Å². The Labute approximate surface area is 117 Å². The number of morpholine rings is 1. The molecule has 8 nitrogen and oxygen atoms in total. The molecule has 1 aliphatic rings. The Morgan fingerprint density at radius 3 is 2.95 bits per heavy atom. The number of ether oxygens (including phenoxy) is 1. The van der Waals surface area contributed by atoms with Crippen LogP contribution in [0.25, 0.3) is 0 Å². The van der Waals surface area contributed by atoms with Crippen LogP contribution in [0.4, 0.5) is 0 Å². The molecule has 2 rings (SSSR count). The summed E-state index contributed by atoms with van der Waals surface area (Å²) >= 11 is 0. The van der Waals surface area contributed by atoms with Crippen molar-refractivity contribution in [1.29, 1.82) is 5.26 Å². The van der Waals surface area contributed by atoms with Gasteiger partial charge in [-0.2, -0.15) is 20.7 Å². The van der Waals surface area contributed by atoms with Gasteiger partial charge in [0.25, 0.3) is 5.91 Å². The highest BCUT2D eigenvalue weighted by atomic mass is 16.5. The number of aromatic nitrogens is 3. The molecular weight excluding hydrogens is 260 g/mol. The van der Waals surface area contributed by atoms with Crippen molar-refractivity contribution in [2.45, 2.75) is 6.42 Å². The molecule has 8 heteroatoms. The second kappa shape index (κ2) is 7.57. The van der Waals surface area contributed by atoms with Gasteiger partial charge in [-0.15, -0.1) is 0 Å². The van der Waals surface area contributed by atoms with Crippen molar-refractivity contribution < 1.29 is 9.53 Å². The Morgan fingerprint density at radius 2 is 2.30 bits per heavy atom. The summed E-state index contributed by atoms with van der Waals surface area (Å²) in [6.45, 7) is 4.98. The van der Waals surface area contributed by atoms with E-state index in [1.165, 1.54) is 6.20 Å². The van der Waals surface area contributed by atoms with Crippen molar-refractivity contribution in [1.82, 2.24) is 25.2 Å². The first-order valence-electron chi connectivity index (χ1n) is 6.63. The average molecular weight is 278 g/mol. The lowest BCUT2D eigenvalue weighted by Gasteiger charge is -2.29. The number of carbonyl (C=O) groups is 1. The van der Waals surface area contributed by atoms with Crippen molar-refractivity contribution in [3.63, 3.8) is 0 Å². The molecule has 1 aromatic rings. The van der Waals surface area contributed by atoms with Gasteiger partial charge >= 0.3 is 0 Å². The zero-order valence-electron chi connectivity index (χ0n) is 11.3. The summed E-state index contributed by atoms with van der Waals surface area (Å²) in [6.07, 6.45) is 1.71. The van der Waals surface area contributed by atoms with Gasteiger partial charge in [0.1, 0.15) is 0 Å². The molecule has 20 heavy (non-hydrogen) atoms. The second-order valence-corrected chi connectivity index (χ2v) is 4.51. The molecule has 0 bridgehead atoms. The molecule has 0 radical (unpaired) electrons. The second-order valence-electron chi connectivity index (χ2n) is 4.51. The number of hydrogen-bond acceptors (Lipinski definition) is 6. The van der Waals surface area contributed by atoms with Crippen molar-refractivity contribution in [2.24, 2.45) is 0 Å². The largest absolute Gasteiger partial charge is 0.379 e. The number of H-pyrrole nitrogens is 1. The van der Waals surface area contributed by atoms with E-state index in [9.17, 15) is 4.79 Å². The van der Waals surface area contributed by atoms with Crippen LogP contribution < -0.4 is 0 Å². The molecule has 2 heterocycles. The van der Waals surface area contributed by atoms with E-state index >= 15 is 0 Å². The van der Waals surface area contributed by atoms with Gasteiger partial charge in [0, 0.05) is 32.7 Å². The Hall–Kier alpha value is -1.98. The van der Waals surface area contributed by atoms with Crippen LogP contribution in [0.15, 0.2) is 6.20 Å². The van der Waals surface area contributed by atoms with Crippen LogP contribution in [0.5, 0.6) is 0 Å². The quantitative estimate of drug-likeness (QED) is 0.752. The standard InChI is InChI=1S/C12H18N6O2/c13-2-1-3-18(12(19)11-10-14-16-15-11)5-4-17-6-8-20-9-7-17/h10H,1,3-9H2,(H,14,15,16). The molecule has 0 atom stereocenters. The van der Waals surface area contributed by atoms with Crippen LogP contribution in [-0.2, 0) is 4.74 Å². The normalized spacial score (nSPS) is 15.8. The predicted octanol–water partition coefficient (Wildman–Crippen LogP) is -0.507. The van der Waals surface area contributed by atoms with E-state index in [0.717, 1.165) is 32.8 Å². The van der Waals surface area contributed by atoms with Gasteiger partial charge in [-0.05, 0) is 0 Å². The molecule has 1 amide bonds. The number of hydrogen-bond donors (Lipinski definition) is 1. The van der Waals surface area contributed by atoms with Gasteiger partial charge in [0.05, 0.1) is 31.9 Å². The van der Waals surface area contributed by atoms with Gasteiger partial charge in [-0.25, -0.2) is 0 Å². The van der Waals surface area contributed by atoms with Gasteiger partial charge < -0.3 is 9.64 Å². The molecule has 0 saturated carbocycles. The highest BCUT2D eigenvalue weighted by molar-refractivity contribution is 5.91. The third kappa shape index (κ3) is 4.01. The number of rotatable bonds is 6. The van der Waals surface area contributed by atoms with Crippen LogP contribution in [0.2, 0.25) is 0 Å². The van der Waals surface area contributed by atoms with Gasteiger partial charge in [-0.1, -0.05) is 0 Å². The molecule has 0 aromatic carbocycles. The summed E-state index contributed by atoms with van der Waals surface area (Å²) in [7, 11) is 0. The van der Waals surface area contributed by atoms with Crippen molar-refractivity contribution in [2.75, 3.05) is 45.9 Å². The molecule has 1 saturated heterocycles. The summed E-state index contributed by atoms with van der Waals surface area (Å²) < 4.78 is 5.29. The lowest BCUT2D eigenvalue weighted by molar-refractivity contribution is 0.0325. The summed E-state index contributed by atoms with van der Waals surface area (Å²) in [6, 6.07) is 2.06. The number of carbonyl (C=O) groups excluding carboxylic acids is 1. The molecule has 1 N–H and O–H groups in total. The molecule has 1 fully saturated rings. The molecule has 108 valence electrons. The molecule has 0 aliphatic carbocycles. The fraction of sp³-hybridized carbons (Fsp3) is 0.667. The lowest BCUT2D eigenvalue weighted by Crippen LogP contribution is -2.43. The SMILES string of the molecule is N#CCCN(CCN1CCOCC1)C(=O)c1cn[nH]n1. The Bertz CT molecular complexity index is 449. The highest BCUT2D eigenvalue weighted by Crippen LogP contribution is 2.03. The first-order chi connectivity index (χ1) is 9.81. The molecule has 1 aromatic heterocycles. The topological polar surface area (TPSA) is 98.1 Å². The number of nitrogens with zero attached hydrogens (tertiary/aromatic N) is 5. The minimum absolute atomic E-state index is 0.192. The maximum Gasteiger partial charge on any atom is 0.276 e.